The summed E-state index contributed by atoms with van der Waals surface area (Å²) < 4.78 is 6.85. The number of esters is 1. The van der Waals surface area contributed by atoms with Crippen LogP contribution in [0, 0.1) is 0 Å². The molecule has 0 amide bonds. The van der Waals surface area contributed by atoms with Crippen LogP contribution in [0.4, 0.5) is 0 Å². The minimum atomic E-state index is -0.529. The average molecular weight is 245 g/mol. The highest BCUT2D eigenvalue weighted by Crippen LogP contribution is 2.23. The minimum Gasteiger partial charge on any atom is -0.465 e. The van der Waals surface area contributed by atoms with E-state index >= 15 is 0 Å². The molecule has 0 aliphatic rings. The van der Waals surface area contributed by atoms with Gasteiger partial charge in [-0.05, 0) is 12.5 Å². The number of aryl methyl sites for hydroxylation is 1. The number of nitrogens with zero attached hydrogens (tertiary/aromatic N) is 3. The van der Waals surface area contributed by atoms with E-state index in [1.165, 1.54) is 0 Å². The van der Waals surface area contributed by atoms with E-state index in [4.69, 9.17) is 4.74 Å². The lowest BCUT2D eigenvalue weighted by Crippen LogP contribution is -2.20. The Kier molecular flexibility index (Phi) is 3.72. The quantitative estimate of drug-likeness (QED) is 0.766. The molecule has 0 spiro atoms. The first-order valence-corrected chi connectivity index (χ1v) is 5.79. The maximum atomic E-state index is 12.1. The molecule has 2 rings (SSSR count). The molecule has 2 aromatic rings. The molecular formula is C13H15N3O2. The van der Waals surface area contributed by atoms with Crippen molar-refractivity contribution in [3.05, 3.63) is 48.0 Å². The summed E-state index contributed by atoms with van der Waals surface area (Å²) in [5.41, 5.74) is 0.854. The number of ether oxygens (including phenoxy) is 1. The monoisotopic (exact) mass is 245 g/mol. The van der Waals surface area contributed by atoms with Crippen molar-refractivity contribution in [2.45, 2.75) is 12.8 Å². The normalized spacial score (nSPS) is 12.1. The van der Waals surface area contributed by atoms with E-state index < -0.39 is 5.92 Å². The van der Waals surface area contributed by atoms with Crippen LogP contribution in [0.5, 0.6) is 0 Å². The van der Waals surface area contributed by atoms with Gasteiger partial charge in [0.05, 0.1) is 6.61 Å². The van der Waals surface area contributed by atoms with Crippen LogP contribution in [0.3, 0.4) is 0 Å². The number of hydrogen-bond donors (Lipinski definition) is 0. The number of hydrogen-bond acceptors (Lipinski definition) is 4. The number of benzene rings is 1. The summed E-state index contributed by atoms with van der Waals surface area (Å²) in [6.45, 7) is 2.14. The minimum absolute atomic E-state index is 0.306. The molecule has 0 aliphatic heterocycles. The average Bonchev–Trinajstić information content (AvgIpc) is 2.78. The third-order valence-electron chi connectivity index (χ3n) is 2.66. The summed E-state index contributed by atoms with van der Waals surface area (Å²) in [4.78, 5) is 12.1. The molecule has 0 fully saturated rings. The second-order valence-corrected chi connectivity index (χ2v) is 3.90. The first kappa shape index (κ1) is 12.3. The molecule has 1 aromatic carbocycles. The Morgan fingerprint density at radius 2 is 2.11 bits per heavy atom. The van der Waals surface area contributed by atoms with E-state index in [1.807, 2.05) is 37.4 Å². The van der Waals surface area contributed by atoms with Crippen LogP contribution in [0.15, 0.2) is 36.7 Å². The zero-order valence-corrected chi connectivity index (χ0v) is 10.4. The van der Waals surface area contributed by atoms with Crippen molar-refractivity contribution >= 4 is 5.97 Å². The van der Waals surface area contributed by atoms with Crippen molar-refractivity contribution in [1.82, 2.24) is 14.8 Å². The highest BCUT2D eigenvalue weighted by molar-refractivity contribution is 5.81. The smallest absolute Gasteiger partial charge is 0.321 e. The zero-order chi connectivity index (χ0) is 13.0. The maximum Gasteiger partial charge on any atom is 0.321 e. The lowest BCUT2D eigenvalue weighted by atomic mass is 9.98. The Balaban J connectivity index is 2.42. The van der Waals surface area contributed by atoms with Crippen molar-refractivity contribution in [1.29, 1.82) is 0 Å². The van der Waals surface area contributed by atoms with Crippen LogP contribution in [0.2, 0.25) is 0 Å². The van der Waals surface area contributed by atoms with Crippen LogP contribution in [0.1, 0.15) is 24.2 Å². The van der Waals surface area contributed by atoms with E-state index in [9.17, 15) is 4.79 Å². The van der Waals surface area contributed by atoms with E-state index in [2.05, 4.69) is 10.2 Å². The van der Waals surface area contributed by atoms with Gasteiger partial charge in [0, 0.05) is 7.05 Å². The van der Waals surface area contributed by atoms with Crippen LogP contribution in [0.25, 0.3) is 0 Å². The van der Waals surface area contributed by atoms with Crippen molar-refractivity contribution < 1.29 is 9.53 Å². The van der Waals surface area contributed by atoms with Gasteiger partial charge >= 0.3 is 5.97 Å². The molecule has 0 saturated carbocycles. The van der Waals surface area contributed by atoms with Gasteiger partial charge in [-0.25, -0.2) is 0 Å². The predicted octanol–water partition coefficient (Wildman–Crippen LogP) is 1.51. The first-order valence-electron chi connectivity index (χ1n) is 5.79. The highest BCUT2D eigenvalue weighted by atomic mass is 16.5. The lowest BCUT2D eigenvalue weighted by Gasteiger charge is -2.14. The van der Waals surface area contributed by atoms with Gasteiger partial charge in [-0.2, -0.15) is 0 Å². The molecule has 94 valence electrons. The highest BCUT2D eigenvalue weighted by Gasteiger charge is 2.28. The Hall–Kier alpha value is -2.17. The molecule has 18 heavy (non-hydrogen) atoms. The Labute approximate surface area is 105 Å². The topological polar surface area (TPSA) is 57.0 Å². The summed E-state index contributed by atoms with van der Waals surface area (Å²) in [5.74, 6) is -0.252. The van der Waals surface area contributed by atoms with Gasteiger partial charge in [-0.3, -0.25) is 4.79 Å². The third kappa shape index (κ3) is 2.40. The number of aromatic nitrogens is 3. The van der Waals surface area contributed by atoms with Gasteiger partial charge in [0.25, 0.3) is 0 Å². The molecule has 1 atom stereocenters. The summed E-state index contributed by atoms with van der Waals surface area (Å²) in [6, 6.07) is 9.45. The van der Waals surface area contributed by atoms with Gasteiger partial charge in [-0.15, -0.1) is 10.2 Å². The Bertz CT molecular complexity index is 522. The third-order valence-corrected chi connectivity index (χ3v) is 2.66. The van der Waals surface area contributed by atoms with Gasteiger partial charge in [0.15, 0.2) is 5.82 Å². The molecule has 0 bridgehead atoms. The Morgan fingerprint density at radius 1 is 1.39 bits per heavy atom. The summed E-state index contributed by atoms with van der Waals surface area (Å²) in [6.07, 6.45) is 1.57. The van der Waals surface area contributed by atoms with Crippen LogP contribution >= 0.6 is 0 Å². The molecule has 1 heterocycles. The van der Waals surface area contributed by atoms with Crippen LogP contribution < -0.4 is 0 Å². The van der Waals surface area contributed by atoms with Gasteiger partial charge in [0.1, 0.15) is 12.2 Å². The second kappa shape index (κ2) is 5.44. The van der Waals surface area contributed by atoms with E-state index in [-0.39, 0.29) is 5.97 Å². The number of carbonyl (C=O) groups is 1. The molecule has 0 N–H and O–H groups in total. The predicted molar refractivity (Wildman–Crippen MR) is 65.9 cm³/mol. The molecule has 5 nitrogen and oxygen atoms in total. The van der Waals surface area contributed by atoms with Gasteiger partial charge in [0.2, 0.25) is 0 Å². The molecule has 0 aliphatic carbocycles. The molecule has 0 saturated heterocycles. The first-order chi connectivity index (χ1) is 8.74. The zero-order valence-electron chi connectivity index (χ0n) is 10.4. The maximum absolute atomic E-state index is 12.1. The second-order valence-electron chi connectivity index (χ2n) is 3.90. The summed E-state index contributed by atoms with van der Waals surface area (Å²) in [5, 5.41) is 7.82. The largest absolute Gasteiger partial charge is 0.465 e. The van der Waals surface area contributed by atoms with Crippen LogP contribution in [-0.2, 0) is 16.6 Å². The molecule has 0 radical (unpaired) electrons. The summed E-state index contributed by atoms with van der Waals surface area (Å²) in [7, 11) is 1.81. The SMILES string of the molecule is CCOC(=O)C(c1ccccc1)c1nncn1C. The summed E-state index contributed by atoms with van der Waals surface area (Å²) >= 11 is 0. The molecule has 1 unspecified atom stereocenters. The number of rotatable bonds is 4. The molecule has 1 aromatic heterocycles. The van der Waals surface area contributed by atoms with Gasteiger partial charge < -0.3 is 9.30 Å². The van der Waals surface area contributed by atoms with Gasteiger partial charge in [-0.1, -0.05) is 30.3 Å². The fourth-order valence-corrected chi connectivity index (χ4v) is 1.82. The molecule has 5 heteroatoms. The van der Waals surface area contributed by atoms with Crippen molar-refractivity contribution in [3.63, 3.8) is 0 Å². The fraction of sp³-hybridized carbons (Fsp3) is 0.308. The number of carbonyl (C=O) groups excluding carboxylic acids is 1. The fourth-order valence-electron chi connectivity index (χ4n) is 1.82. The van der Waals surface area contributed by atoms with Crippen molar-refractivity contribution in [2.24, 2.45) is 7.05 Å². The Morgan fingerprint density at radius 3 is 2.67 bits per heavy atom. The van der Waals surface area contributed by atoms with E-state index in [1.54, 1.807) is 17.8 Å². The van der Waals surface area contributed by atoms with E-state index in [0.717, 1.165) is 5.56 Å². The lowest BCUT2D eigenvalue weighted by molar-refractivity contribution is -0.144. The van der Waals surface area contributed by atoms with Crippen molar-refractivity contribution in [3.8, 4) is 0 Å². The van der Waals surface area contributed by atoms with E-state index in [0.29, 0.717) is 12.4 Å². The van der Waals surface area contributed by atoms with Crippen molar-refractivity contribution in [2.75, 3.05) is 6.61 Å². The standard InChI is InChI=1S/C13H15N3O2/c1-3-18-13(17)11(10-7-5-4-6-8-10)12-15-14-9-16(12)2/h4-9,11H,3H2,1-2H3. The van der Waals surface area contributed by atoms with Crippen LogP contribution in [-0.4, -0.2) is 27.3 Å². The molecular weight excluding hydrogens is 230 g/mol.